The normalized spacial score (nSPS) is 15.6. The zero-order chi connectivity index (χ0) is 49.9. The highest BCUT2D eigenvalue weighted by Crippen LogP contribution is 2.22. The average Bonchev–Trinajstić information content (AvgIpc) is 3.32. The Balaban J connectivity index is 1.19. The number of rotatable bonds is 28. The van der Waals surface area contributed by atoms with Crippen LogP contribution in [-0.4, -0.2) is 172 Å². The van der Waals surface area contributed by atoms with Crippen molar-refractivity contribution in [2.24, 2.45) is 10.7 Å². The molecule has 18 N–H and O–H groups in total. The van der Waals surface area contributed by atoms with Gasteiger partial charge in [-0.15, -0.1) is 0 Å². The Morgan fingerprint density at radius 2 is 1.18 bits per heavy atom. The van der Waals surface area contributed by atoms with E-state index < -0.39 is 68.0 Å². The van der Waals surface area contributed by atoms with Crippen molar-refractivity contribution >= 4 is 68.5 Å². The summed E-state index contributed by atoms with van der Waals surface area (Å²) in [6.45, 7) is -1.83. The second-order valence-electron chi connectivity index (χ2n) is 16.7. The molecule has 0 unspecified atom stereocenters. The van der Waals surface area contributed by atoms with Gasteiger partial charge in [0.05, 0.1) is 31.1 Å². The van der Waals surface area contributed by atoms with Gasteiger partial charge in [-0.3, -0.25) is 24.8 Å². The largest absolute Gasteiger partial charge is 0.394 e. The molecule has 8 atom stereocenters. The summed E-state index contributed by atoms with van der Waals surface area (Å²) in [5, 5.41) is 107. The molecule has 0 spiro atoms. The topological polar surface area (TPSA) is 380 Å². The number of alkyl halides is 1. The molecule has 21 nitrogen and oxygen atoms in total. The van der Waals surface area contributed by atoms with Crippen LogP contribution in [0.5, 0.6) is 0 Å². The smallest absolute Gasteiger partial charge is 0.280 e. The first-order valence-electron chi connectivity index (χ1n) is 22.3. The number of benzene rings is 3. The van der Waals surface area contributed by atoms with Crippen molar-refractivity contribution in [1.29, 1.82) is 0 Å². The number of nitrogens with one attached hydrogen (secondary N) is 2. The number of carbonyl (C=O) groups is 2. The molecule has 0 aliphatic heterocycles. The van der Waals surface area contributed by atoms with Gasteiger partial charge in [0.2, 0.25) is 5.91 Å². The summed E-state index contributed by atoms with van der Waals surface area (Å²) in [6, 6.07) is 19.9. The van der Waals surface area contributed by atoms with E-state index in [1.807, 2.05) is 12.1 Å². The fourth-order valence-corrected chi connectivity index (χ4v) is 7.90. The third kappa shape index (κ3) is 17.4. The monoisotopic (exact) mass is 1060 g/mol. The molecule has 22 heteroatoms. The van der Waals surface area contributed by atoms with Crippen LogP contribution in [0.25, 0.3) is 10.8 Å². The number of aliphatic imine (C=N–C) groups is 1. The van der Waals surface area contributed by atoms with Gasteiger partial charge in [-0.25, -0.2) is 9.97 Å². The molecule has 4 aromatic rings. The number of hydrogen-bond donors (Lipinski definition) is 15. The first-order chi connectivity index (χ1) is 32.4. The van der Waals surface area contributed by atoms with E-state index in [1.54, 1.807) is 12.1 Å². The van der Waals surface area contributed by atoms with Crippen LogP contribution >= 0.6 is 22.6 Å². The summed E-state index contributed by atoms with van der Waals surface area (Å²) in [7, 11) is 0. The second kappa shape index (κ2) is 28.1. The van der Waals surface area contributed by atoms with Crippen molar-refractivity contribution in [2.75, 3.05) is 56.2 Å². The molecule has 374 valence electrons. The molecule has 0 aliphatic carbocycles. The van der Waals surface area contributed by atoms with Gasteiger partial charge in [0, 0.05) is 36.2 Å². The Morgan fingerprint density at radius 1 is 0.662 bits per heavy atom. The number of nitrogen functional groups attached to an aromatic ring is 2. The number of unbranched alkanes of at least 4 members (excludes halogenated alkanes) is 1. The van der Waals surface area contributed by atoms with Crippen molar-refractivity contribution in [1.82, 2.24) is 20.2 Å². The summed E-state index contributed by atoms with van der Waals surface area (Å²) < 4.78 is 0.462. The Kier molecular flexibility index (Phi) is 23.1. The molecule has 1 aromatic heterocycles. The molecule has 3 aromatic carbocycles. The number of carbonyl (C=O) groups excluding carboxylic acids is 2. The number of nitrogens with zero attached hydrogens (tertiary/aromatic N) is 4. The number of aryl methyl sites for hydroxylation is 3. The van der Waals surface area contributed by atoms with Gasteiger partial charge >= 0.3 is 0 Å². The van der Waals surface area contributed by atoms with Crippen LogP contribution in [0.1, 0.15) is 65.0 Å². The fourth-order valence-electron chi connectivity index (χ4n) is 7.34. The first-order valence-corrected chi connectivity index (χ1v) is 23.8. The molecule has 68 heavy (non-hydrogen) atoms. The highest BCUT2D eigenvalue weighted by atomic mass is 127. The van der Waals surface area contributed by atoms with Crippen LogP contribution in [0.4, 0.5) is 17.3 Å². The highest BCUT2D eigenvalue weighted by molar-refractivity contribution is 14.1. The predicted molar refractivity (Wildman–Crippen MR) is 264 cm³/mol. The molecule has 0 saturated carbocycles. The number of fused-ring (bicyclic) bond motifs is 1. The molecule has 4 rings (SSSR count). The Morgan fingerprint density at radius 3 is 1.72 bits per heavy atom. The maximum absolute atomic E-state index is 12.8. The molecule has 0 bridgehead atoms. The van der Waals surface area contributed by atoms with Crippen molar-refractivity contribution in [3.63, 3.8) is 0 Å². The molecular weight excluding hydrogens is 997 g/mol. The molecule has 0 aliphatic rings. The van der Waals surface area contributed by atoms with E-state index >= 15 is 0 Å². The minimum atomic E-state index is -1.88. The summed E-state index contributed by atoms with van der Waals surface area (Å²) in [4.78, 5) is 39.3. The van der Waals surface area contributed by atoms with E-state index in [9.17, 15) is 50.4 Å². The fraction of sp³-hybridized carbons (Fsp3) is 0.500. The molecule has 2 amide bonds. The number of aliphatic hydroxyl groups excluding tert-OH is 10. The molecule has 0 fully saturated rings. The number of aromatic nitrogens is 2. The lowest BCUT2D eigenvalue weighted by Gasteiger charge is -2.33. The van der Waals surface area contributed by atoms with E-state index in [-0.39, 0.29) is 48.8 Å². The quantitative estimate of drug-likeness (QED) is 0.0105. The number of hydrogen-bond acceptors (Lipinski definition) is 18. The number of nitrogens with two attached hydrogens (primary N) is 3. The maximum atomic E-state index is 12.8. The van der Waals surface area contributed by atoms with Gasteiger partial charge in [-0.1, -0.05) is 71.1 Å². The number of halogens is 1. The number of aliphatic hydroxyl groups is 10. The molecule has 0 radical (unpaired) electrons. The lowest BCUT2D eigenvalue weighted by Crippen LogP contribution is -2.53. The zero-order valence-electron chi connectivity index (χ0n) is 37.7. The zero-order valence-corrected chi connectivity index (χ0v) is 39.8. The number of guanidine groups is 1. The van der Waals surface area contributed by atoms with E-state index in [4.69, 9.17) is 27.4 Å². The van der Waals surface area contributed by atoms with E-state index in [0.29, 0.717) is 54.5 Å². The molecule has 1 heterocycles. The van der Waals surface area contributed by atoms with E-state index in [0.717, 1.165) is 41.2 Å². The number of amides is 2. The van der Waals surface area contributed by atoms with Crippen LogP contribution < -0.4 is 27.8 Å². The summed E-state index contributed by atoms with van der Waals surface area (Å²) in [6.07, 6.45) is -9.18. The van der Waals surface area contributed by atoms with Gasteiger partial charge in [0.15, 0.2) is 17.5 Å². The van der Waals surface area contributed by atoms with Gasteiger partial charge in [0.1, 0.15) is 42.4 Å². The van der Waals surface area contributed by atoms with Gasteiger partial charge in [0.25, 0.3) is 5.91 Å². The lowest BCUT2D eigenvalue weighted by molar-refractivity contribution is -0.130. The maximum Gasteiger partial charge on any atom is 0.280 e. The lowest BCUT2D eigenvalue weighted by atomic mass is 9.99. The summed E-state index contributed by atoms with van der Waals surface area (Å²) >= 11 is 2.07. The number of anilines is 3. The predicted octanol–water partition coefficient (Wildman–Crippen LogP) is -1.14. The summed E-state index contributed by atoms with van der Waals surface area (Å²) in [5.41, 5.74) is 21.7. The minimum absolute atomic E-state index is 0.0363. The van der Waals surface area contributed by atoms with Crippen molar-refractivity contribution in [2.45, 2.75) is 105 Å². The Bertz CT molecular complexity index is 2210. The third-order valence-corrected chi connectivity index (χ3v) is 12.0. The van der Waals surface area contributed by atoms with Crippen LogP contribution in [0, 0.1) is 0 Å². The Labute approximate surface area is 407 Å². The van der Waals surface area contributed by atoms with Gasteiger partial charge in [-0.05, 0) is 91.1 Å². The van der Waals surface area contributed by atoms with Gasteiger partial charge < -0.3 is 73.6 Å². The van der Waals surface area contributed by atoms with Crippen LogP contribution in [0.15, 0.2) is 65.7 Å². The standard InChI is InChI=1S/C46H66IN9O12/c47-21-32-43(48)54-44(49)38(53-32)45(68)55-46(50)51-17-2-1-5-27-9-13-30-20-28(10-14-29(30)19-27)6-3-8-37(63)52-31-15-11-26(12-16-31)7-4-18-56(22-33(59)39(64)41(66)35(61)24-57)23-34(60)40(65)42(67)36(62)25-58/h9-16,19-20,33-36,39-42,57-62,64-67H,1-8,17-18,21-25H2,(H,52,63)(H4,48,49,54)(H3,50,51,55,68)/t33-,34-,35+,36+,39+,40+,41+,42+/m0/s1. The van der Waals surface area contributed by atoms with Crippen LogP contribution in [0.2, 0.25) is 0 Å². The van der Waals surface area contributed by atoms with Gasteiger partial charge in [-0.2, -0.15) is 0 Å². The minimum Gasteiger partial charge on any atom is -0.394 e. The SMILES string of the molecule is NC(=NCCCCc1ccc2cc(CCCC(=O)Nc3ccc(CCCN(C[C@H](O)[C@@H](O)[C@H](O)[C@H](O)CO)C[C@H](O)[C@@H](O)[C@H](O)[C@H](O)CO)cc3)ccc2c1)NC(=O)c1nc(CI)c(N)nc1N. The van der Waals surface area contributed by atoms with Crippen LogP contribution in [0.3, 0.4) is 0 Å². The van der Waals surface area contributed by atoms with Crippen molar-refractivity contribution in [3.05, 3.63) is 88.7 Å². The van der Waals surface area contributed by atoms with E-state index in [2.05, 4.69) is 84.6 Å². The first kappa shape index (κ1) is 55.9. The van der Waals surface area contributed by atoms with E-state index in [1.165, 1.54) is 10.5 Å². The molecular formula is C46H66IN9O12. The third-order valence-electron chi connectivity index (χ3n) is 11.3. The Hall–Kier alpha value is -4.70. The summed E-state index contributed by atoms with van der Waals surface area (Å²) in [5.74, 6) is -0.688. The van der Waals surface area contributed by atoms with Crippen molar-refractivity contribution < 1.29 is 60.7 Å². The highest BCUT2D eigenvalue weighted by Gasteiger charge is 2.34. The van der Waals surface area contributed by atoms with Crippen LogP contribution in [-0.2, 0) is 28.5 Å². The molecule has 0 saturated heterocycles. The average molecular weight is 1060 g/mol. The van der Waals surface area contributed by atoms with Crippen molar-refractivity contribution in [3.8, 4) is 0 Å². The second-order valence-corrected chi connectivity index (χ2v) is 17.4.